The van der Waals surface area contributed by atoms with E-state index in [1.54, 1.807) is 6.07 Å². The molecular weight excluding hydrogens is 244 g/mol. The van der Waals surface area contributed by atoms with Crippen LogP contribution in [-0.2, 0) is 4.79 Å². The van der Waals surface area contributed by atoms with E-state index in [0.717, 1.165) is 22.1 Å². The fourth-order valence-electron chi connectivity index (χ4n) is 1.77. The predicted molar refractivity (Wildman–Crippen MR) is 60.2 cm³/mol. The number of nitrogens with two attached hydrogens (primary N) is 1. The third-order valence-corrected chi connectivity index (χ3v) is 3.21. The SMILES string of the molecule is CCC1C(=O)Nc2cc(N)c(Br)cc21. The van der Waals surface area contributed by atoms with E-state index >= 15 is 0 Å². The van der Waals surface area contributed by atoms with E-state index in [2.05, 4.69) is 21.2 Å². The van der Waals surface area contributed by atoms with Crippen molar-refractivity contribution in [3.63, 3.8) is 0 Å². The zero-order valence-corrected chi connectivity index (χ0v) is 9.39. The van der Waals surface area contributed by atoms with Crippen LogP contribution < -0.4 is 11.1 Å². The van der Waals surface area contributed by atoms with Crippen LogP contribution in [0.25, 0.3) is 0 Å². The lowest BCUT2D eigenvalue weighted by Gasteiger charge is -2.06. The highest BCUT2D eigenvalue weighted by molar-refractivity contribution is 9.10. The first-order valence-electron chi connectivity index (χ1n) is 4.53. The van der Waals surface area contributed by atoms with Crippen LogP contribution in [0.3, 0.4) is 0 Å². The molecule has 0 saturated heterocycles. The normalized spacial score (nSPS) is 19.3. The Morgan fingerprint density at radius 1 is 1.57 bits per heavy atom. The summed E-state index contributed by atoms with van der Waals surface area (Å²) in [7, 11) is 0. The van der Waals surface area contributed by atoms with Crippen molar-refractivity contribution in [2.24, 2.45) is 0 Å². The lowest BCUT2D eigenvalue weighted by Crippen LogP contribution is -2.10. The van der Waals surface area contributed by atoms with Gasteiger partial charge in [0, 0.05) is 15.8 Å². The standard InChI is InChI=1S/C10H11BrN2O/c1-2-5-6-3-7(11)8(12)4-9(6)13-10(5)14/h3-5H,2,12H2,1H3,(H,13,14). The summed E-state index contributed by atoms with van der Waals surface area (Å²) < 4.78 is 0.853. The van der Waals surface area contributed by atoms with E-state index in [4.69, 9.17) is 5.73 Å². The highest BCUT2D eigenvalue weighted by atomic mass is 79.9. The Kier molecular flexibility index (Phi) is 2.23. The van der Waals surface area contributed by atoms with Gasteiger partial charge in [0.25, 0.3) is 0 Å². The van der Waals surface area contributed by atoms with Gasteiger partial charge in [-0.05, 0) is 40.0 Å². The maximum absolute atomic E-state index is 11.5. The molecule has 0 bridgehead atoms. The molecule has 2 rings (SSSR count). The zero-order chi connectivity index (χ0) is 10.3. The minimum atomic E-state index is -0.0260. The minimum absolute atomic E-state index is 0.0260. The second kappa shape index (κ2) is 3.28. The number of nitrogen functional groups attached to an aromatic ring is 1. The number of benzene rings is 1. The van der Waals surface area contributed by atoms with E-state index in [-0.39, 0.29) is 11.8 Å². The fraction of sp³-hybridized carbons (Fsp3) is 0.300. The van der Waals surface area contributed by atoms with Crippen molar-refractivity contribution in [3.05, 3.63) is 22.2 Å². The number of anilines is 2. The number of rotatable bonds is 1. The minimum Gasteiger partial charge on any atom is -0.398 e. The highest BCUT2D eigenvalue weighted by Gasteiger charge is 2.29. The molecule has 14 heavy (non-hydrogen) atoms. The van der Waals surface area contributed by atoms with Gasteiger partial charge in [0.2, 0.25) is 5.91 Å². The predicted octanol–water partition coefficient (Wildman–Crippen LogP) is 2.48. The second-order valence-electron chi connectivity index (χ2n) is 3.41. The maximum Gasteiger partial charge on any atom is 0.231 e. The molecule has 1 aliphatic rings. The summed E-state index contributed by atoms with van der Waals surface area (Å²) in [5.74, 6) is 0.0434. The topological polar surface area (TPSA) is 55.1 Å². The van der Waals surface area contributed by atoms with Gasteiger partial charge >= 0.3 is 0 Å². The lowest BCUT2D eigenvalue weighted by molar-refractivity contribution is -0.117. The molecule has 4 heteroatoms. The van der Waals surface area contributed by atoms with E-state index in [9.17, 15) is 4.79 Å². The molecule has 0 fully saturated rings. The summed E-state index contributed by atoms with van der Waals surface area (Å²) in [6.45, 7) is 2.00. The maximum atomic E-state index is 11.5. The van der Waals surface area contributed by atoms with Crippen LogP contribution in [0.1, 0.15) is 24.8 Å². The molecule has 1 unspecified atom stereocenters. The van der Waals surface area contributed by atoms with E-state index in [1.165, 1.54) is 0 Å². The largest absolute Gasteiger partial charge is 0.398 e. The lowest BCUT2D eigenvalue weighted by atomic mass is 9.98. The van der Waals surface area contributed by atoms with E-state index in [0.29, 0.717) is 5.69 Å². The summed E-state index contributed by atoms with van der Waals surface area (Å²) in [6, 6.07) is 3.73. The van der Waals surface area contributed by atoms with Crippen molar-refractivity contribution < 1.29 is 4.79 Å². The summed E-state index contributed by atoms with van der Waals surface area (Å²) in [6.07, 6.45) is 0.815. The second-order valence-corrected chi connectivity index (χ2v) is 4.27. The van der Waals surface area contributed by atoms with Crippen molar-refractivity contribution in [2.75, 3.05) is 11.1 Å². The van der Waals surface area contributed by atoms with Gasteiger partial charge in [-0.1, -0.05) is 6.92 Å². The van der Waals surface area contributed by atoms with Crippen LogP contribution in [0, 0.1) is 0 Å². The summed E-state index contributed by atoms with van der Waals surface area (Å²) in [5, 5.41) is 2.83. The molecule has 0 aromatic heterocycles. The molecule has 1 heterocycles. The molecule has 74 valence electrons. The van der Waals surface area contributed by atoms with Crippen LogP contribution in [0.15, 0.2) is 16.6 Å². The van der Waals surface area contributed by atoms with Gasteiger partial charge in [-0.15, -0.1) is 0 Å². The Labute approximate surface area is 90.8 Å². The molecule has 1 aromatic carbocycles. The van der Waals surface area contributed by atoms with E-state index in [1.807, 2.05) is 13.0 Å². The molecule has 1 aromatic rings. The van der Waals surface area contributed by atoms with Gasteiger partial charge in [-0.3, -0.25) is 4.79 Å². The third kappa shape index (κ3) is 1.30. The molecule has 0 radical (unpaired) electrons. The number of carbonyl (C=O) groups excluding carboxylic acids is 1. The van der Waals surface area contributed by atoms with E-state index < -0.39 is 0 Å². The number of hydrogen-bond acceptors (Lipinski definition) is 2. The molecule has 0 spiro atoms. The van der Waals surface area contributed by atoms with Gasteiger partial charge in [-0.2, -0.15) is 0 Å². The van der Waals surface area contributed by atoms with Crippen LogP contribution in [0.4, 0.5) is 11.4 Å². The van der Waals surface area contributed by atoms with Crippen LogP contribution in [0.2, 0.25) is 0 Å². The Bertz CT molecular complexity index is 403. The number of hydrogen-bond donors (Lipinski definition) is 2. The Balaban J connectivity index is 2.54. The smallest absolute Gasteiger partial charge is 0.231 e. The first kappa shape index (κ1) is 9.52. The fourth-order valence-corrected chi connectivity index (χ4v) is 2.13. The number of fused-ring (bicyclic) bond motifs is 1. The average Bonchev–Trinajstić information content (AvgIpc) is 2.42. The summed E-state index contributed by atoms with van der Waals surface area (Å²) >= 11 is 3.36. The molecule has 0 saturated carbocycles. The first-order valence-corrected chi connectivity index (χ1v) is 5.32. The molecule has 1 aliphatic heterocycles. The van der Waals surface area contributed by atoms with Crippen molar-refractivity contribution >= 4 is 33.2 Å². The third-order valence-electron chi connectivity index (χ3n) is 2.53. The summed E-state index contributed by atoms with van der Waals surface area (Å²) in [4.78, 5) is 11.5. The molecule has 1 amide bonds. The van der Waals surface area contributed by atoms with Crippen LogP contribution in [0.5, 0.6) is 0 Å². The number of amides is 1. The number of carbonyl (C=O) groups is 1. The van der Waals surface area contributed by atoms with Crippen molar-refractivity contribution in [1.29, 1.82) is 0 Å². The Morgan fingerprint density at radius 3 is 2.93 bits per heavy atom. The molecular formula is C10H11BrN2O. The monoisotopic (exact) mass is 254 g/mol. The molecule has 3 N–H and O–H groups in total. The average molecular weight is 255 g/mol. The number of nitrogens with one attached hydrogen (secondary N) is 1. The Morgan fingerprint density at radius 2 is 2.29 bits per heavy atom. The van der Waals surface area contributed by atoms with Crippen molar-refractivity contribution in [1.82, 2.24) is 0 Å². The number of halogens is 1. The molecule has 3 nitrogen and oxygen atoms in total. The quantitative estimate of drug-likeness (QED) is 0.757. The van der Waals surface area contributed by atoms with Crippen LogP contribution in [-0.4, -0.2) is 5.91 Å². The highest BCUT2D eigenvalue weighted by Crippen LogP contribution is 2.38. The summed E-state index contributed by atoms with van der Waals surface area (Å²) in [5.41, 5.74) is 8.27. The van der Waals surface area contributed by atoms with Gasteiger partial charge in [-0.25, -0.2) is 0 Å². The van der Waals surface area contributed by atoms with Gasteiger partial charge in [0.15, 0.2) is 0 Å². The molecule has 1 atom stereocenters. The Hall–Kier alpha value is -1.03. The van der Waals surface area contributed by atoms with Crippen molar-refractivity contribution in [2.45, 2.75) is 19.3 Å². The van der Waals surface area contributed by atoms with Gasteiger partial charge < -0.3 is 11.1 Å². The van der Waals surface area contributed by atoms with Gasteiger partial charge in [0.05, 0.1) is 5.92 Å². The van der Waals surface area contributed by atoms with Gasteiger partial charge in [0.1, 0.15) is 0 Å². The first-order chi connectivity index (χ1) is 6.63. The van der Waals surface area contributed by atoms with Crippen LogP contribution >= 0.6 is 15.9 Å². The zero-order valence-electron chi connectivity index (χ0n) is 7.80. The van der Waals surface area contributed by atoms with Crippen molar-refractivity contribution in [3.8, 4) is 0 Å². The molecule has 0 aliphatic carbocycles.